The van der Waals surface area contributed by atoms with Crippen LogP contribution in [0.1, 0.15) is 19.8 Å². The highest BCUT2D eigenvalue weighted by molar-refractivity contribution is 9.09. The Bertz CT molecular complexity index is 509. The van der Waals surface area contributed by atoms with Crippen LogP contribution in [-0.4, -0.2) is 33.0 Å². The molecule has 0 aliphatic carbocycles. The van der Waals surface area contributed by atoms with Gasteiger partial charge in [0.25, 0.3) is 0 Å². The molecule has 0 radical (unpaired) electrons. The van der Waals surface area contributed by atoms with Gasteiger partial charge in [-0.1, -0.05) is 29.3 Å². The zero-order chi connectivity index (χ0) is 13.0. The van der Waals surface area contributed by atoms with Crippen molar-refractivity contribution < 1.29 is 0 Å². The molecule has 0 saturated carbocycles. The van der Waals surface area contributed by atoms with Gasteiger partial charge < -0.3 is 9.47 Å². The summed E-state index contributed by atoms with van der Waals surface area (Å²) in [5.74, 6) is 1.00. The molecule has 0 atom stereocenters. The van der Waals surface area contributed by atoms with Gasteiger partial charge in [-0.2, -0.15) is 0 Å². The SMILES string of the molecule is CCCCN(CCBr)c1nccc2c1ncn2C. The molecular weight excluding hydrogens is 292 g/mol. The number of halogens is 1. The fourth-order valence-corrected chi connectivity index (χ4v) is 2.48. The lowest BCUT2D eigenvalue weighted by molar-refractivity contribution is 0.729. The lowest BCUT2D eigenvalue weighted by Crippen LogP contribution is -2.27. The summed E-state index contributed by atoms with van der Waals surface area (Å²) in [7, 11) is 2.01. The van der Waals surface area contributed by atoms with Crippen LogP contribution < -0.4 is 4.90 Å². The van der Waals surface area contributed by atoms with E-state index in [2.05, 4.69) is 37.7 Å². The minimum Gasteiger partial charge on any atom is -0.354 e. The molecule has 0 N–H and O–H groups in total. The highest BCUT2D eigenvalue weighted by Crippen LogP contribution is 2.22. The molecule has 2 heterocycles. The molecule has 4 nitrogen and oxygen atoms in total. The zero-order valence-electron chi connectivity index (χ0n) is 10.9. The van der Waals surface area contributed by atoms with Crippen molar-refractivity contribution in [2.45, 2.75) is 19.8 Å². The highest BCUT2D eigenvalue weighted by Gasteiger charge is 2.13. The molecule has 2 aromatic rings. The van der Waals surface area contributed by atoms with Crippen molar-refractivity contribution in [1.82, 2.24) is 14.5 Å². The standard InChI is InChI=1S/C13H19BrN4/c1-3-4-8-18(9-6-14)13-12-11(5-7-15-13)17(2)10-16-12/h5,7,10H,3-4,6,8-9H2,1-2H3. The van der Waals surface area contributed by atoms with Crippen LogP contribution >= 0.6 is 15.9 Å². The minimum atomic E-state index is 0.946. The first-order chi connectivity index (χ1) is 8.77. The second-order valence-corrected chi connectivity index (χ2v) is 5.18. The summed E-state index contributed by atoms with van der Waals surface area (Å²) in [5, 5.41) is 0.946. The summed E-state index contributed by atoms with van der Waals surface area (Å²) in [6.07, 6.45) is 6.09. The maximum absolute atomic E-state index is 4.52. The number of rotatable bonds is 6. The van der Waals surface area contributed by atoms with Gasteiger partial charge in [-0.05, 0) is 12.5 Å². The van der Waals surface area contributed by atoms with E-state index in [4.69, 9.17) is 0 Å². The number of aryl methyl sites for hydroxylation is 1. The second kappa shape index (κ2) is 6.18. The molecule has 0 aliphatic rings. The Morgan fingerprint density at radius 2 is 2.17 bits per heavy atom. The van der Waals surface area contributed by atoms with E-state index in [9.17, 15) is 0 Å². The number of hydrogen-bond acceptors (Lipinski definition) is 3. The van der Waals surface area contributed by atoms with Crippen molar-refractivity contribution in [2.75, 3.05) is 23.3 Å². The number of aromatic nitrogens is 3. The van der Waals surface area contributed by atoms with Gasteiger partial charge in [-0.25, -0.2) is 9.97 Å². The Balaban J connectivity index is 2.36. The van der Waals surface area contributed by atoms with Crippen molar-refractivity contribution >= 4 is 32.8 Å². The summed E-state index contributed by atoms with van der Waals surface area (Å²) in [4.78, 5) is 11.3. The Kier molecular flexibility index (Phi) is 4.58. The molecule has 2 rings (SSSR count). The van der Waals surface area contributed by atoms with E-state index < -0.39 is 0 Å². The Morgan fingerprint density at radius 3 is 2.89 bits per heavy atom. The van der Waals surface area contributed by atoms with Crippen molar-refractivity contribution in [1.29, 1.82) is 0 Å². The number of unbranched alkanes of at least 4 members (excludes halogenated alkanes) is 1. The van der Waals surface area contributed by atoms with E-state index in [-0.39, 0.29) is 0 Å². The molecule has 98 valence electrons. The molecule has 0 aliphatic heterocycles. The summed E-state index contributed by atoms with van der Waals surface area (Å²) >= 11 is 3.51. The first-order valence-electron chi connectivity index (χ1n) is 6.35. The monoisotopic (exact) mass is 310 g/mol. The first-order valence-corrected chi connectivity index (χ1v) is 7.47. The quantitative estimate of drug-likeness (QED) is 0.769. The van der Waals surface area contributed by atoms with Crippen molar-refractivity contribution in [3.63, 3.8) is 0 Å². The van der Waals surface area contributed by atoms with Crippen LogP contribution in [0.3, 0.4) is 0 Å². The third-order valence-electron chi connectivity index (χ3n) is 3.06. The highest BCUT2D eigenvalue weighted by atomic mass is 79.9. The number of hydrogen-bond donors (Lipinski definition) is 0. The van der Waals surface area contributed by atoms with Gasteiger partial charge in [0, 0.05) is 31.7 Å². The Labute approximate surface area is 116 Å². The zero-order valence-corrected chi connectivity index (χ0v) is 12.5. The van der Waals surface area contributed by atoms with Crippen LogP contribution in [-0.2, 0) is 7.05 Å². The van der Waals surface area contributed by atoms with E-state index in [1.807, 2.05) is 30.2 Å². The summed E-state index contributed by atoms with van der Waals surface area (Å²) in [6.45, 7) is 4.20. The lowest BCUT2D eigenvalue weighted by Gasteiger charge is -2.22. The fourth-order valence-electron chi connectivity index (χ4n) is 2.05. The van der Waals surface area contributed by atoms with Crippen LogP contribution in [0, 0.1) is 0 Å². The van der Waals surface area contributed by atoms with Crippen LogP contribution in [0.5, 0.6) is 0 Å². The predicted octanol–water partition coefficient (Wildman–Crippen LogP) is 2.97. The fraction of sp³-hybridized carbons (Fsp3) is 0.538. The number of anilines is 1. The molecule has 18 heavy (non-hydrogen) atoms. The van der Waals surface area contributed by atoms with Crippen molar-refractivity contribution in [3.8, 4) is 0 Å². The molecule has 0 bridgehead atoms. The molecule has 0 unspecified atom stereocenters. The largest absolute Gasteiger partial charge is 0.354 e. The molecule has 0 amide bonds. The van der Waals surface area contributed by atoms with E-state index >= 15 is 0 Å². The topological polar surface area (TPSA) is 34.0 Å². The second-order valence-electron chi connectivity index (χ2n) is 4.39. The molecule has 0 spiro atoms. The number of pyridine rings is 1. The number of imidazole rings is 1. The lowest BCUT2D eigenvalue weighted by atomic mass is 10.3. The summed E-state index contributed by atoms with van der Waals surface area (Å²) < 4.78 is 2.03. The van der Waals surface area contributed by atoms with Gasteiger partial charge in [0.15, 0.2) is 5.82 Å². The Hall–Kier alpha value is -1.10. The van der Waals surface area contributed by atoms with Gasteiger partial charge >= 0.3 is 0 Å². The number of nitrogens with zero attached hydrogens (tertiary/aromatic N) is 4. The first kappa shape index (κ1) is 13.3. The number of alkyl halides is 1. The van der Waals surface area contributed by atoms with Gasteiger partial charge in [0.05, 0.1) is 11.8 Å². The van der Waals surface area contributed by atoms with Gasteiger partial charge in [0.2, 0.25) is 0 Å². The third-order valence-corrected chi connectivity index (χ3v) is 3.41. The normalized spacial score (nSPS) is 11.1. The van der Waals surface area contributed by atoms with Crippen LogP contribution in [0.4, 0.5) is 5.82 Å². The summed E-state index contributed by atoms with van der Waals surface area (Å²) in [6, 6.07) is 2.01. The van der Waals surface area contributed by atoms with Gasteiger partial charge in [-0.15, -0.1) is 0 Å². The third kappa shape index (κ3) is 2.66. The van der Waals surface area contributed by atoms with Gasteiger partial charge in [0.1, 0.15) is 5.52 Å². The molecule has 5 heteroatoms. The van der Waals surface area contributed by atoms with E-state index in [1.54, 1.807) is 0 Å². The molecule has 0 aromatic carbocycles. The van der Waals surface area contributed by atoms with Crippen LogP contribution in [0.25, 0.3) is 11.0 Å². The smallest absolute Gasteiger partial charge is 0.156 e. The minimum absolute atomic E-state index is 0.946. The predicted molar refractivity (Wildman–Crippen MR) is 79.4 cm³/mol. The average Bonchev–Trinajstić information content (AvgIpc) is 2.77. The molecular formula is C13H19BrN4. The van der Waals surface area contributed by atoms with E-state index in [0.717, 1.165) is 35.3 Å². The number of fused-ring (bicyclic) bond motifs is 1. The van der Waals surface area contributed by atoms with Crippen molar-refractivity contribution in [3.05, 3.63) is 18.6 Å². The van der Waals surface area contributed by atoms with E-state index in [0.29, 0.717) is 0 Å². The maximum Gasteiger partial charge on any atom is 0.156 e. The molecule has 0 saturated heterocycles. The summed E-state index contributed by atoms with van der Waals surface area (Å²) in [5.41, 5.74) is 2.13. The van der Waals surface area contributed by atoms with Crippen molar-refractivity contribution in [2.24, 2.45) is 7.05 Å². The van der Waals surface area contributed by atoms with Crippen LogP contribution in [0.15, 0.2) is 18.6 Å². The average molecular weight is 311 g/mol. The van der Waals surface area contributed by atoms with Crippen LogP contribution in [0.2, 0.25) is 0 Å². The van der Waals surface area contributed by atoms with Gasteiger partial charge in [-0.3, -0.25) is 0 Å². The maximum atomic E-state index is 4.52. The molecule has 2 aromatic heterocycles. The van der Waals surface area contributed by atoms with E-state index in [1.165, 1.54) is 12.8 Å². The molecule has 0 fully saturated rings. The Morgan fingerprint density at radius 1 is 1.33 bits per heavy atom.